The first-order chi connectivity index (χ1) is 14.0. The van der Waals surface area contributed by atoms with Crippen molar-refractivity contribution in [2.45, 2.75) is 56.0 Å². The Morgan fingerprint density at radius 1 is 1.31 bits per heavy atom. The molecule has 5 nitrogen and oxygen atoms in total. The summed E-state index contributed by atoms with van der Waals surface area (Å²) in [4.78, 5) is 35.1. The van der Waals surface area contributed by atoms with E-state index in [4.69, 9.17) is 4.98 Å². The Bertz CT molecular complexity index is 1200. The van der Waals surface area contributed by atoms with E-state index >= 15 is 0 Å². The van der Waals surface area contributed by atoms with Gasteiger partial charge in [-0.05, 0) is 56.7 Å². The van der Waals surface area contributed by atoms with Crippen molar-refractivity contribution < 1.29 is 4.79 Å². The molecule has 5 rings (SSSR count). The number of aryl methyl sites for hydroxylation is 2. The zero-order valence-corrected chi connectivity index (χ0v) is 18.4. The van der Waals surface area contributed by atoms with Gasteiger partial charge in [0.15, 0.2) is 5.16 Å². The number of aromatic nitrogens is 2. The van der Waals surface area contributed by atoms with Crippen molar-refractivity contribution in [1.82, 2.24) is 9.55 Å². The van der Waals surface area contributed by atoms with Crippen LogP contribution in [0.3, 0.4) is 0 Å². The van der Waals surface area contributed by atoms with Gasteiger partial charge in [-0.15, -0.1) is 11.3 Å². The molecule has 1 aromatic carbocycles. The highest BCUT2D eigenvalue weighted by Crippen LogP contribution is 2.37. The van der Waals surface area contributed by atoms with Crippen LogP contribution in [-0.4, -0.2) is 26.8 Å². The topological polar surface area (TPSA) is 55.2 Å². The Morgan fingerprint density at radius 2 is 2.10 bits per heavy atom. The van der Waals surface area contributed by atoms with Crippen LogP contribution >= 0.6 is 23.1 Å². The van der Waals surface area contributed by atoms with E-state index in [1.165, 1.54) is 27.8 Å². The van der Waals surface area contributed by atoms with Crippen LogP contribution in [0.2, 0.25) is 0 Å². The van der Waals surface area contributed by atoms with E-state index < -0.39 is 0 Å². The fourth-order valence-corrected chi connectivity index (χ4v) is 6.74. The van der Waals surface area contributed by atoms with Crippen LogP contribution in [0.15, 0.2) is 34.2 Å². The van der Waals surface area contributed by atoms with Gasteiger partial charge < -0.3 is 4.90 Å². The summed E-state index contributed by atoms with van der Waals surface area (Å²) in [5.74, 6) is 0.0652. The first-order valence-corrected chi connectivity index (χ1v) is 11.7. The lowest BCUT2D eigenvalue weighted by Gasteiger charge is -2.26. The van der Waals surface area contributed by atoms with Crippen LogP contribution in [-0.2, 0) is 31.1 Å². The lowest BCUT2D eigenvalue weighted by Crippen LogP contribution is -2.40. The zero-order chi connectivity index (χ0) is 20.3. The van der Waals surface area contributed by atoms with Gasteiger partial charge >= 0.3 is 0 Å². The summed E-state index contributed by atoms with van der Waals surface area (Å²) in [5.41, 5.74) is 3.42. The molecule has 1 aliphatic carbocycles. The Hall–Kier alpha value is -2.12. The maximum Gasteiger partial charge on any atom is 0.262 e. The van der Waals surface area contributed by atoms with E-state index in [1.54, 1.807) is 23.0 Å². The highest BCUT2D eigenvalue weighted by molar-refractivity contribution is 8.00. The molecule has 2 unspecified atom stereocenters. The van der Waals surface area contributed by atoms with Crippen molar-refractivity contribution in [3.8, 4) is 0 Å². The molecule has 0 spiro atoms. The summed E-state index contributed by atoms with van der Waals surface area (Å²) >= 11 is 3.02. The molecule has 7 heteroatoms. The van der Waals surface area contributed by atoms with Crippen molar-refractivity contribution in [2.75, 3.05) is 4.90 Å². The summed E-state index contributed by atoms with van der Waals surface area (Å²) in [7, 11) is 1.76. The van der Waals surface area contributed by atoms with E-state index in [-0.39, 0.29) is 22.8 Å². The van der Waals surface area contributed by atoms with Crippen LogP contribution in [0.25, 0.3) is 10.2 Å². The number of para-hydroxylation sites is 1. The maximum absolute atomic E-state index is 13.3. The number of nitrogens with zero attached hydrogens (tertiary/aromatic N) is 3. The Morgan fingerprint density at radius 3 is 2.93 bits per heavy atom. The van der Waals surface area contributed by atoms with Crippen LogP contribution in [0, 0.1) is 0 Å². The minimum atomic E-state index is -0.328. The number of fused-ring (bicyclic) bond motifs is 4. The third kappa shape index (κ3) is 2.94. The summed E-state index contributed by atoms with van der Waals surface area (Å²) in [6, 6.07) is 8.24. The quantitative estimate of drug-likeness (QED) is 0.471. The SMILES string of the molecule is CC(Sc1nc2sc3c(c2c(=O)n1C)CCC3)C(=O)N1c2ccccc2CC1C. The molecule has 29 heavy (non-hydrogen) atoms. The van der Waals surface area contributed by atoms with Gasteiger partial charge in [-0.25, -0.2) is 4.98 Å². The fourth-order valence-electron chi connectivity index (χ4n) is 4.52. The molecule has 0 saturated carbocycles. The molecule has 2 aliphatic rings. The predicted octanol–water partition coefficient (Wildman–Crippen LogP) is 3.94. The van der Waals surface area contributed by atoms with Crippen LogP contribution in [0.1, 0.15) is 36.3 Å². The number of thioether (sulfide) groups is 1. The molecule has 0 radical (unpaired) electrons. The van der Waals surface area contributed by atoms with Gasteiger partial charge in [0.1, 0.15) is 4.83 Å². The smallest absolute Gasteiger partial charge is 0.262 e. The highest BCUT2D eigenvalue weighted by Gasteiger charge is 2.34. The molecule has 0 saturated heterocycles. The van der Waals surface area contributed by atoms with Gasteiger partial charge in [0.2, 0.25) is 5.91 Å². The van der Waals surface area contributed by atoms with E-state index in [9.17, 15) is 9.59 Å². The average molecular weight is 426 g/mol. The molecular formula is C22H23N3O2S2. The van der Waals surface area contributed by atoms with Gasteiger partial charge in [-0.3, -0.25) is 14.2 Å². The molecule has 1 aliphatic heterocycles. The summed E-state index contributed by atoms with van der Waals surface area (Å²) in [6.07, 6.45) is 4.02. The third-order valence-corrected chi connectivity index (χ3v) is 8.30. The first kappa shape index (κ1) is 18.9. The Kier molecular flexibility index (Phi) is 4.55. The van der Waals surface area contributed by atoms with E-state index in [0.29, 0.717) is 5.16 Å². The maximum atomic E-state index is 13.3. The lowest BCUT2D eigenvalue weighted by atomic mass is 10.1. The monoisotopic (exact) mass is 425 g/mol. The van der Waals surface area contributed by atoms with Crippen molar-refractivity contribution in [3.63, 3.8) is 0 Å². The predicted molar refractivity (Wildman–Crippen MR) is 119 cm³/mol. The van der Waals surface area contributed by atoms with Gasteiger partial charge in [0.05, 0.1) is 10.6 Å². The minimum Gasteiger partial charge on any atom is -0.308 e. The fraction of sp³-hybridized carbons (Fsp3) is 0.409. The Balaban J connectivity index is 1.46. The number of carbonyl (C=O) groups excluding carboxylic acids is 1. The number of anilines is 1. The number of thiophene rings is 1. The number of rotatable bonds is 3. The standard InChI is InChI=1S/C22H23N3O2S2/c1-12-11-14-7-4-5-9-16(14)25(12)20(26)13(2)28-22-23-19-18(21(27)24(22)3)15-8-6-10-17(15)29-19/h4-5,7,9,12-13H,6,8,10-11H2,1-3H3. The second kappa shape index (κ2) is 6.99. The molecule has 3 heterocycles. The van der Waals surface area contributed by atoms with E-state index in [0.717, 1.165) is 41.6 Å². The Labute approximate surface area is 177 Å². The third-order valence-electron chi connectivity index (χ3n) is 5.98. The van der Waals surface area contributed by atoms with Crippen molar-refractivity contribution in [3.05, 3.63) is 50.6 Å². The normalized spacial score (nSPS) is 18.9. The lowest BCUT2D eigenvalue weighted by molar-refractivity contribution is -0.118. The molecule has 0 bridgehead atoms. The van der Waals surface area contributed by atoms with Crippen LogP contribution < -0.4 is 10.5 Å². The summed E-state index contributed by atoms with van der Waals surface area (Å²) in [6.45, 7) is 3.99. The van der Waals surface area contributed by atoms with Gasteiger partial charge in [0, 0.05) is 23.7 Å². The van der Waals surface area contributed by atoms with E-state index in [2.05, 4.69) is 13.0 Å². The zero-order valence-electron chi connectivity index (χ0n) is 16.8. The van der Waals surface area contributed by atoms with E-state index in [1.807, 2.05) is 30.0 Å². The molecule has 0 fully saturated rings. The molecule has 2 aromatic heterocycles. The molecule has 1 amide bonds. The number of benzene rings is 1. The molecular weight excluding hydrogens is 402 g/mol. The van der Waals surface area contributed by atoms with Crippen molar-refractivity contribution >= 4 is 44.9 Å². The second-order valence-electron chi connectivity index (χ2n) is 7.95. The largest absolute Gasteiger partial charge is 0.308 e. The number of hydrogen-bond acceptors (Lipinski definition) is 5. The van der Waals surface area contributed by atoms with Crippen LogP contribution in [0.4, 0.5) is 5.69 Å². The van der Waals surface area contributed by atoms with Gasteiger partial charge in [-0.2, -0.15) is 0 Å². The molecule has 0 N–H and O–H groups in total. The van der Waals surface area contributed by atoms with Crippen molar-refractivity contribution in [2.24, 2.45) is 7.05 Å². The number of carbonyl (C=O) groups is 1. The molecule has 2 atom stereocenters. The van der Waals surface area contributed by atoms with Gasteiger partial charge in [0.25, 0.3) is 5.56 Å². The summed E-state index contributed by atoms with van der Waals surface area (Å²) in [5, 5.41) is 1.07. The molecule has 150 valence electrons. The molecule has 3 aromatic rings. The van der Waals surface area contributed by atoms with Gasteiger partial charge in [-0.1, -0.05) is 30.0 Å². The first-order valence-electron chi connectivity index (χ1n) is 10.0. The minimum absolute atomic E-state index is 0.0106. The highest BCUT2D eigenvalue weighted by atomic mass is 32.2. The average Bonchev–Trinajstić information content (AvgIpc) is 3.36. The number of amides is 1. The van der Waals surface area contributed by atoms with Crippen LogP contribution in [0.5, 0.6) is 0 Å². The number of hydrogen-bond donors (Lipinski definition) is 0. The van der Waals surface area contributed by atoms with Crippen molar-refractivity contribution in [1.29, 1.82) is 0 Å². The summed E-state index contributed by atoms with van der Waals surface area (Å²) < 4.78 is 1.61. The second-order valence-corrected chi connectivity index (χ2v) is 10.3.